The maximum absolute atomic E-state index is 9.03. The number of aryl methyl sites for hydroxylation is 1. The smallest absolute Gasteiger partial charge is 0.0672 e. The van der Waals surface area contributed by atoms with Crippen LogP contribution in [-0.2, 0) is 13.0 Å². The summed E-state index contributed by atoms with van der Waals surface area (Å²) >= 11 is 0. The van der Waals surface area contributed by atoms with Crippen LogP contribution in [0.3, 0.4) is 0 Å². The average molecular weight is 229 g/mol. The van der Waals surface area contributed by atoms with Crippen LogP contribution in [0.25, 0.3) is 0 Å². The Morgan fingerprint density at radius 2 is 2.41 bits per heavy atom. The largest absolute Gasteiger partial charge is 0.307 e. The Morgan fingerprint density at radius 1 is 1.53 bits per heavy atom. The molecule has 1 aliphatic rings. The van der Waals surface area contributed by atoms with Crippen LogP contribution in [0, 0.1) is 17.2 Å². The van der Waals surface area contributed by atoms with Crippen molar-refractivity contribution >= 4 is 0 Å². The number of hydrogen-bond acceptors (Lipinski definition) is 3. The van der Waals surface area contributed by atoms with Crippen LogP contribution in [0.15, 0.2) is 18.3 Å². The minimum absolute atomic E-state index is 0.184. The van der Waals surface area contributed by atoms with E-state index in [0.717, 1.165) is 31.5 Å². The Morgan fingerprint density at radius 3 is 3.18 bits per heavy atom. The van der Waals surface area contributed by atoms with E-state index in [1.54, 1.807) is 0 Å². The van der Waals surface area contributed by atoms with Gasteiger partial charge in [0.1, 0.15) is 0 Å². The predicted molar refractivity (Wildman–Crippen MR) is 67.2 cm³/mol. The summed E-state index contributed by atoms with van der Waals surface area (Å²) in [7, 11) is 0. The summed E-state index contributed by atoms with van der Waals surface area (Å²) in [6, 6.07) is 6.86. The molecule has 0 saturated heterocycles. The van der Waals surface area contributed by atoms with Gasteiger partial charge in [-0.15, -0.1) is 0 Å². The predicted octanol–water partition coefficient (Wildman–Crippen LogP) is 2.43. The number of aromatic nitrogens is 1. The normalized spacial score (nSPS) is 23.5. The lowest BCUT2D eigenvalue weighted by Crippen LogP contribution is -2.31. The van der Waals surface area contributed by atoms with Crippen molar-refractivity contribution in [2.45, 2.75) is 45.2 Å². The molecule has 17 heavy (non-hydrogen) atoms. The Hall–Kier alpha value is -1.40. The lowest BCUT2D eigenvalue weighted by atomic mass is 10.1. The number of pyridine rings is 1. The van der Waals surface area contributed by atoms with Gasteiger partial charge in [0.2, 0.25) is 0 Å². The number of nitriles is 1. The van der Waals surface area contributed by atoms with Gasteiger partial charge in [-0.2, -0.15) is 5.26 Å². The average Bonchev–Trinajstić information content (AvgIpc) is 2.84. The molecule has 2 atom stereocenters. The third-order valence-electron chi connectivity index (χ3n) is 3.58. The Balaban J connectivity index is 1.96. The van der Waals surface area contributed by atoms with E-state index in [-0.39, 0.29) is 5.92 Å². The molecular formula is C14H19N3. The lowest BCUT2D eigenvalue weighted by Gasteiger charge is -2.16. The molecule has 1 heterocycles. The van der Waals surface area contributed by atoms with Crippen LogP contribution in [0.5, 0.6) is 0 Å². The van der Waals surface area contributed by atoms with Gasteiger partial charge in [0.05, 0.1) is 17.7 Å². The number of hydrogen-bond donors (Lipinski definition) is 1. The summed E-state index contributed by atoms with van der Waals surface area (Å²) in [4.78, 5) is 4.42. The van der Waals surface area contributed by atoms with Crippen molar-refractivity contribution in [2.24, 2.45) is 5.92 Å². The standard InChI is InChI=1S/C14H19N3/c1-2-11-6-4-8-16-14(11)10-17-13-7-3-5-12(13)9-15/h4,6,8,12-13,17H,2-3,5,7,10H2,1H3. The molecule has 2 unspecified atom stereocenters. The van der Waals surface area contributed by atoms with Gasteiger partial charge < -0.3 is 5.32 Å². The first-order chi connectivity index (χ1) is 8.35. The van der Waals surface area contributed by atoms with Gasteiger partial charge >= 0.3 is 0 Å². The van der Waals surface area contributed by atoms with Crippen molar-refractivity contribution in [2.75, 3.05) is 0 Å². The fourth-order valence-corrected chi connectivity index (χ4v) is 2.54. The SMILES string of the molecule is CCc1cccnc1CNC1CCCC1C#N. The molecule has 1 aromatic heterocycles. The Bertz CT molecular complexity index is 408. The van der Waals surface area contributed by atoms with Crippen molar-refractivity contribution in [3.63, 3.8) is 0 Å². The molecule has 1 aromatic rings. The summed E-state index contributed by atoms with van der Waals surface area (Å²) in [5, 5.41) is 12.5. The van der Waals surface area contributed by atoms with Crippen LogP contribution in [0.4, 0.5) is 0 Å². The van der Waals surface area contributed by atoms with E-state index in [9.17, 15) is 0 Å². The second-order valence-electron chi connectivity index (χ2n) is 4.62. The van der Waals surface area contributed by atoms with Gasteiger partial charge in [0, 0.05) is 18.8 Å². The van der Waals surface area contributed by atoms with Crippen molar-refractivity contribution in [1.82, 2.24) is 10.3 Å². The monoisotopic (exact) mass is 229 g/mol. The summed E-state index contributed by atoms with van der Waals surface area (Å²) in [6.45, 7) is 2.93. The molecule has 1 aliphatic carbocycles. The zero-order valence-corrected chi connectivity index (χ0v) is 10.3. The molecule has 90 valence electrons. The minimum atomic E-state index is 0.184. The zero-order valence-electron chi connectivity index (χ0n) is 10.3. The van der Waals surface area contributed by atoms with Gasteiger partial charge in [-0.1, -0.05) is 19.4 Å². The first-order valence-corrected chi connectivity index (χ1v) is 6.41. The summed E-state index contributed by atoms with van der Waals surface area (Å²) in [5.74, 6) is 0.184. The molecule has 0 amide bonds. The molecule has 0 aliphatic heterocycles. The zero-order chi connectivity index (χ0) is 12.1. The van der Waals surface area contributed by atoms with Gasteiger partial charge in [-0.25, -0.2) is 0 Å². The lowest BCUT2D eigenvalue weighted by molar-refractivity contribution is 0.460. The van der Waals surface area contributed by atoms with E-state index in [1.807, 2.05) is 12.3 Å². The first kappa shape index (κ1) is 12.1. The van der Waals surface area contributed by atoms with E-state index >= 15 is 0 Å². The van der Waals surface area contributed by atoms with Crippen LogP contribution >= 0.6 is 0 Å². The van der Waals surface area contributed by atoms with E-state index in [4.69, 9.17) is 5.26 Å². The topological polar surface area (TPSA) is 48.7 Å². The maximum Gasteiger partial charge on any atom is 0.0672 e. The van der Waals surface area contributed by atoms with E-state index in [0.29, 0.717) is 6.04 Å². The summed E-state index contributed by atoms with van der Waals surface area (Å²) < 4.78 is 0. The molecule has 0 spiro atoms. The molecule has 3 heteroatoms. The third kappa shape index (κ3) is 2.83. The highest BCUT2D eigenvalue weighted by atomic mass is 14.9. The highest BCUT2D eigenvalue weighted by Gasteiger charge is 2.26. The molecule has 1 saturated carbocycles. The van der Waals surface area contributed by atoms with E-state index in [1.165, 1.54) is 12.0 Å². The van der Waals surface area contributed by atoms with Crippen LogP contribution in [-0.4, -0.2) is 11.0 Å². The van der Waals surface area contributed by atoms with Crippen molar-refractivity contribution in [1.29, 1.82) is 5.26 Å². The second kappa shape index (κ2) is 5.79. The Kier molecular flexibility index (Phi) is 4.11. The van der Waals surface area contributed by atoms with Crippen LogP contribution in [0.2, 0.25) is 0 Å². The number of rotatable bonds is 4. The maximum atomic E-state index is 9.03. The Labute approximate surface area is 103 Å². The van der Waals surface area contributed by atoms with Gasteiger partial charge in [-0.3, -0.25) is 4.98 Å². The highest BCUT2D eigenvalue weighted by molar-refractivity contribution is 5.19. The molecule has 3 nitrogen and oxygen atoms in total. The summed E-state index contributed by atoms with van der Waals surface area (Å²) in [5.41, 5.74) is 2.42. The fourth-order valence-electron chi connectivity index (χ4n) is 2.54. The fraction of sp³-hybridized carbons (Fsp3) is 0.571. The molecule has 0 radical (unpaired) electrons. The van der Waals surface area contributed by atoms with Crippen LogP contribution < -0.4 is 5.32 Å². The molecule has 1 N–H and O–H groups in total. The van der Waals surface area contributed by atoms with Crippen molar-refractivity contribution in [3.05, 3.63) is 29.6 Å². The quantitative estimate of drug-likeness (QED) is 0.862. The number of nitrogens with zero attached hydrogens (tertiary/aromatic N) is 2. The molecular weight excluding hydrogens is 210 g/mol. The van der Waals surface area contributed by atoms with Gasteiger partial charge in [0.15, 0.2) is 0 Å². The van der Waals surface area contributed by atoms with Crippen LogP contribution in [0.1, 0.15) is 37.4 Å². The molecule has 2 rings (SSSR count). The van der Waals surface area contributed by atoms with E-state index < -0.39 is 0 Å². The second-order valence-corrected chi connectivity index (χ2v) is 4.62. The van der Waals surface area contributed by atoms with Crippen molar-refractivity contribution in [3.8, 4) is 6.07 Å². The number of nitrogens with one attached hydrogen (secondary N) is 1. The van der Waals surface area contributed by atoms with Gasteiger partial charge in [0.25, 0.3) is 0 Å². The minimum Gasteiger partial charge on any atom is -0.307 e. The highest BCUT2D eigenvalue weighted by Crippen LogP contribution is 2.25. The molecule has 1 fully saturated rings. The third-order valence-corrected chi connectivity index (χ3v) is 3.58. The molecule has 0 aromatic carbocycles. The first-order valence-electron chi connectivity index (χ1n) is 6.41. The van der Waals surface area contributed by atoms with Crippen molar-refractivity contribution < 1.29 is 0 Å². The molecule has 0 bridgehead atoms. The van der Waals surface area contributed by atoms with E-state index in [2.05, 4.69) is 29.4 Å². The van der Waals surface area contributed by atoms with Gasteiger partial charge in [-0.05, 0) is 30.9 Å². The summed E-state index contributed by atoms with van der Waals surface area (Å²) in [6.07, 6.45) is 6.17.